The van der Waals surface area contributed by atoms with Crippen molar-refractivity contribution in [2.75, 3.05) is 13.7 Å². The van der Waals surface area contributed by atoms with Gasteiger partial charge < -0.3 is 10.1 Å². The summed E-state index contributed by atoms with van der Waals surface area (Å²) in [4.78, 5) is 11.2. The van der Waals surface area contributed by atoms with Gasteiger partial charge in [-0.3, -0.25) is 4.79 Å². The van der Waals surface area contributed by atoms with E-state index in [1.165, 1.54) is 32.8 Å². The van der Waals surface area contributed by atoms with E-state index >= 15 is 0 Å². The highest BCUT2D eigenvalue weighted by atomic mass is 16.5. The number of hydrogen-bond donors (Lipinski definition) is 1. The van der Waals surface area contributed by atoms with Crippen molar-refractivity contribution in [1.29, 1.82) is 0 Å². The Kier molecular flexibility index (Phi) is 5.09. The van der Waals surface area contributed by atoms with Crippen molar-refractivity contribution in [1.82, 2.24) is 5.32 Å². The van der Waals surface area contributed by atoms with Gasteiger partial charge in [-0.15, -0.1) is 0 Å². The molecule has 0 aromatic heterocycles. The number of nitrogens with one attached hydrogen (secondary N) is 1. The first-order chi connectivity index (χ1) is 7.15. The molecule has 88 valence electrons. The summed E-state index contributed by atoms with van der Waals surface area (Å²) in [6.45, 7) is 4.94. The molecule has 1 rings (SSSR count). The van der Waals surface area contributed by atoms with E-state index in [-0.39, 0.29) is 11.9 Å². The number of methoxy groups -OCH3 is 1. The van der Waals surface area contributed by atoms with Crippen molar-refractivity contribution in [3.05, 3.63) is 0 Å². The third-order valence-corrected chi connectivity index (χ3v) is 3.40. The average molecular weight is 213 g/mol. The maximum atomic E-state index is 11.2. The van der Waals surface area contributed by atoms with Crippen LogP contribution in [0.3, 0.4) is 0 Å². The maximum absolute atomic E-state index is 11.2. The Hall–Kier alpha value is -0.570. The molecule has 0 aromatic rings. The fraction of sp³-hybridized carbons (Fsp3) is 0.917. The number of carbonyl (C=O) groups excluding carboxylic acids is 1. The van der Waals surface area contributed by atoms with Crippen LogP contribution in [0.15, 0.2) is 0 Å². The van der Waals surface area contributed by atoms with E-state index in [9.17, 15) is 4.79 Å². The van der Waals surface area contributed by atoms with Crippen LogP contribution in [0.5, 0.6) is 0 Å². The Morgan fingerprint density at radius 3 is 2.73 bits per heavy atom. The summed E-state index contributed by atoms with van der Waals surface area (Å²) in [5, 5.41) is 3.49. The topological polar surface area (TPSA) is 38.3 Å². The van der Waals surface area contributed by atoms with Crippen LogP contribution < -0.4 is 5.32 Å². The smallest absolute Gasteiger partial charge is 0.309 e. The summed E-state index contributed by atoms with van der Waals surface area (Å²) in [6, 6.07) is 0.589. The van der Waals surface area contributed by atoms with Gasteiger partial charge in [0.1, 0.15) is 0 Å². The molecule has 1 fully saturated rings. The Bertz CT molecular complexity index is 206. The second-order valence-electron chi connectivity index (χ2n) is 4.70. The van der Waals surface area contributed by atoms with E-state index in [2.05, 4.69) is 12.2 Å². The van der Waals surface area contributed by atoms with Crippen molar-refractivity contribution >= 4 is 5.97 Å². The lowest BCUT2D eigenvalue weighted by atomic mass is 9.86. The molecule has 0 aromatic carbocycles. The summed E-state index contributed by atoms with van der Waals surface area (Å²) in [5.74, 6) is 0.582. The summed E-state index contributed by atoms with van der Waals surface area (Å²) in [7, 11) is 1.45. The van der Waals surface area contributed by atoms with E-state index in [4.69, 9.17) is 4.74 Å². The lowest BCUT2D eigenvalue weighted by Crippen LogP contribution is -2.40. The first kappa shape index (κ1) is 12.5. The lowest BCUT2D eigenvalue weighted by Gasteiger charge is -2.30. The van der Waals surface area contributed by atoms with Gasteiger partial charge in [-0.25, -0.2) is 0 Å². The lowest BCUT2D eigenvalue weighted by molar-refractivity contribution is -0.144. The third kappa shape index (κ3) is 3.82. The standard InChI is InChI=1S/C12H23NO2/c1-9-6-4-5-7-11(9)13-8-10(2)12(14)15-3/h9-11,13H,4-8H2,1-3H3. The second-order valence-corrected chi connectivity index (χ2v) is 4.70. The molecule has 0 aliphatic heterocycles. The van der Waals surface area contributed by atoms with E-state index < -0.39 is 0 Å². The van der Waals surface area contributed by atoms with Gasteiger partial charge in [0, 0.05) is 12.6 Å². The molecule has 3 atom stereocenters. The molecule has 0 amide bonds. The molecule has 3 heteroatoms. The molecule has 0 bridgehead atoms. The first-order valence-electron chi connectivity index (χ1n) is 5.96. The van der Waals surface area contributed by atoms with Gasteiger partial charge in [-0.2, -0.15) is 0 Å². The highest BCUT2D eigenvalue weighted by molar-refractivity contribution is 5.72. The van der Waals surface area contributed by atoms with E-state index in [0.717, 1.165) is 12.5 Å². The second kappa shape index (κ2) is 6.11. The van der Waals surface area contributed by atoms with Crippen LogP contribution in [0.1, 0.15) is 39.5 Å². The Morgan fingerprint density at radius 1 is 1.47 bits per heavy atom. The highest BCUT2D eigenvalue weighted by Gasteiger charge is 2.22. The first-order valence-corrected chi connectivity index (χ1v) is 5.96. The number of esters is 1. The zero-order valence-corrected chi connectivity index (χ0v) is 10.1. The fourth-order valence-corrected chi connectivity index (χ4v) is 2.23. The summed E-state index contributed by atoms with van der Waals surface area (Å²) in [5.41, 5.74) is 0. The average Bonchev–Trinajstić information content (AvgIpc) is 2.26. The van der Waals surface area contributed by atoms with Gasteiger partial charge >= 0.3 is 5.97 Å². The van der Waals surface area contributed by atoms with E-state index in [1.807, 2.05) is 6.92 Å². The molecule has 15 heavy (non-hydrogen) atoms. The van der Waals surface area contributed by atoms with Crippen molar-refractivity contribution in [3.8, 4) is 0 Å². The molecule has 3 unspecified atom stereocenters. The molecule has 3 nitrogen and oxygen atoms in total. The number of rotatable bonds is 4. The maximum Gasteiger partial charge on any atom is 0.309 e. The van der Waals surface area contributed by atoms with Crippen LogP contribution in [0, 0.1) is 11.8 Å². The van der Waals surface area contributed by atoms with Crippen molar-refractivity contribution in [2.24, 2.45) is 11.8 Å². The van der Waals surface area contributed by atoms with Crippen LogP contribution in [0.4, 0.5) is 0 Å². The zero-order chi connectivity index (χ0) is 11.3. The fourth-order valence-electron chi connectivity index (χ4n) is 2.23. The van der Waals surface area contributed by atoms with Crippen molar-refractivity contribution in [3.63, 3.8) is 0 Å². The Labute approximate surface area is 92.6 Å². The summed E-state index contributed by atoms with van der Waals surface area (Å²) < 4.78 is 4.70. The van der Waals surface area contributed by atoms with Crippen LogP contribution in [-0.4, -0.2) is 25.7 Å². The van der Waals surface area contributed by atoms with Gasteiger partial charge in [-0.05, 0) is 18.8 Å². The van der Waals surface area contributed by atoms with Crippen LogP contribution in [0.25, 0.3) is 0 Å². The quantitative estimate of drug-likeness (QED) is 0.726. The predicted octanol–water partition coefficient (Wildman–Crippen LogP) is 1.96. The van der Waals surface area contributed by atoms with Crippen molar-refractivity contribution in [2.45, 2.75) is 45.6 Å². The van der Waals surface area contributed by atoms with E-state index in [0.29, 0.717) is 6.04 Å². The minimum Gasteiger partial charge on any atom is -0.469 e. The largest absolute Gasteiger partial charge is 0.469 e. The molecule has 0 spiro atoms. The van der Waals surface area contributed by atoms with Crippen molar-refractivity contribution < 1.29 is 9.53 Å². The minimum atomic E-state index is -0.119. The highest BCUT2D eigenvalue weighted by Crippen LogP contribution is 2.23. The third-order valence-electron chi connectivity index (χ3n) is 3.40. The van der Waals surface area contributed by atoms with Gasteiger partial charge in [0.05, 0.1) is 13.0 Å². The Balaban J connectivity index is 2.26. The van der Waals surface area contributed by atoms with E-state index in [1.54, 1.807) is 0 Å². The molecule has 1 aliphatic carbocycles. The molecule has 0 heterocycles. The summed E-state index contributed by atoms with van der Waals surface area (Å²) >= 11 is 0. The molecule has 1 aliphatic rings. The van der Waals surface area contributed by atoms with Gasteiger partial charge in [-0.1, -0.05) is 26.7 Å². The number of carbonyl (C=O) groups is 1. The monoisotopic (exact) mass is 213 g/mol. The molecular weight excluding hydrogens is 190 g/mol. The molecular formula is C12H23NO2. The predicted molar refractivity (Wildman–Crippen MR) is 60.6 cm³/mol. The van der Waals surface area contributed by atoms with Gasteiger partial charge in [0.25, 0.3) is 0 Å². The molecule has 1 N–H and O–H groups in total. The number of hydrogen-bond acceptors (Lipinski definition) is 3. The van der Waals surface area contributed by atoms with Crippen LogP contribution in [-0.2, 0) is 9.53 Å². The zero-order valence-electron chi connectivity index (χ0n) is 10.1. The molecule has 0 radical (unpaired) electrons. The SMILES string of the molecule is COC(=O)C(C)CNC1CCCCC1C. The Morgan fingerprint density at radius 2 is 2.13 bits per heavy atom. The van der Waals surface area contributed by atoms with Gasteiger partial charge in [0.15, 0.2) is 0 Å². The normalized spacial score (nSPS) is 28.5. The van der Waals surface area contributed by atoms with Gasteiger partial charge in [0.2, 0.25) is 0 Å². The summed E-state index contributed by atoms with van der Waals surface area (Å²) in [6.07, 6.45) is 5.22. The number of ether oxygens (including phenoxy) is 1. The minimum absolute atomic E-state index is 0.0378. The van der Waals surface area contributed by atoms with Crippen LogP contribution >= 0.6 is 0 Å². The molecule has 0 saturated heterocycles. The van der Waals surface area contributed by atoms with Crippen LogP contribution in [0.2, 0.25) is 0 Å². The molecule has 1 saturated carbocycles.